The second-order valence-electron chi connectivity index (χ2n) is 8.15. The van der Waals surface area contributed by atoms with Gasteiger partial charge in [0, 0.05) is 39.6 Å². The van der Waals surface area contributed by atoms with Crippen molar-refractivity contribution in [3.05, 3.63) is 100 Å². The maximum absolute atomic E-state index is 12.7. The number of benzene rings is 3. The fourth-order valence-electron chi connectivity index (χ4n) is 3.82. The van der Waals surface area contributed by atoms with Crippen molar-refractivity contribution in [2.75, 3.05) is 11.1 Å². The van der Waals surface area contributed by atoms with Crippen molar-refractivity contribution in [2.24, 2.45) is 0 Å². The zero-order valence-electron chi connectivity index (χ0n) is 19.5. The molecule has 0 aliphatic carbocycles. The van der Waals surface area contributed by atoms with Crippen LogP contribution in [0, 0.1) is 0 Å². The van der Waals surface area contributed by atoms with Crippen LogP contribution in [0.1, 0.15) is 10.4 Å². The number of aromatic nitrogens is 4. The summed E-state index contributed by atoms with van der Waals surface area (Å²) in [5.41, 5.74) is 1.91. The molecule has 0 saturated heterocycles. The van der Waals surface area contributed by atoms with E-state index in [9.17, 15) is 4.79 Å². The number of anilines is 1. The fourth-order valence-corrected chi connectivity index (χ4v) is 5.89. The van der Waals surface area contributed by atoms with E-state index in [1.807, 2.05) is 28.8 Å². The summed E-state index contributed by atoms with van der Waals surface area (Å²) in [6.45, 7) is 4.40. The number of nitrogens with zero attached hydrogens (tertiary/aromatic N) is 4. The van der Waals surface area contributed by atoms with Gasteiger partial charge in [-0.1, -0.05) is 83.5 Å². The van der Waals surface area contributed by atoms with Crippen molar-refractivity contribution in [3.63, 3.8) is 0 Å². The summed E-state index contributed by atoms with van der Waals surface area (Å²) in [6, 6.07) is 19.8. The van der Waals surface area contributed by atoms with Crippen LogP contribution >= 0.6 is 46.3 Å². The second-order valence-corrected chi connectivity index (χ2v) is 11.0. The topological polar surface area (TPSA) is 72.7 Å². The van der Waals surface area contributed by atoms with Crippen LogP contribution in [0.4, 0.5) is 5.13 Å². The number of nitrogens with one attached hydrogen (secondary N) is 1. The molecule has 0 spiro atoms. The van der Waals surface area contributed by atoms with Gasteiger partial charge in [-0.05, 0) is 34.5 Å². The van der Waals surface area contributed by atoms with Gasteiger partial charge >= 0.3 is 0 Å². The first-order valence-corrected chi connectivity index (χ1v) is 13.9. The van der Waals surface area contributed by atoms with Gasteiger partial charge < -0.3 is 5.32 Å². The molecule has 0 atom stereocenters. The molecule has 0 bridgehead atoms. The molecule has 5 rings (SSSR count). The van der Waals surface area contributed by atoms with Gasteiger partial charge in [-0.2, -0.15) is 0 Å². The van der Waals surface area contributed by atoms with E-state index in [-0.39, 0.29) is 11.7 Å². The molecule has 0 aliphatic heterocycles. The lowest BCUT2D eigenvalue weighted by Gasteiger charge is -2.08. The van der Waals surface area contributed by atoms with Crippen molar-refractivity contribution in [3.8, 4) is 11.4 Å². The highest BCUT2D eigenvalue weighted by atomic mass is 35.5. The normalized spacial score (nSPS) is 11.1. The largest absolute Gasteiger partial charge is 0.301 e. The quantitative estimate of drug-likeness (QED) is 0.149. The van der Waals surface area contributed by atoms with E-state index in [1.165, 1.54) is 23.1 Å². The number of carbonyl (C=O) groups is 1. The molecule has 6 nitrogen and oxygen atoms in total. The molecular formula is C27H21Cl2N5OS2. The van der Waals surface area contributed by atoms with Crippen LogP contribution < -0.4 is 5.32 Å². The van der Waals surface area contributed by atoms with Gasteiger partial charge in [0.15, 0.2) is 16.1 Å². The third kappa shape index (κ3) is 6.05. The number of rotatable bonds is 9. The van der Waals surface area contributed by atoms with Crippen LogP contribution in [0.5, 0.6) is 0 Å². The molecule has 0 fully saturated rings. The molecule has 3 aromatic carbocycles. The number of hydrogen-bond acceptors (Lipinski definition) is 6. The number of halogens is 2. The molecule has 1 amide bonds. The average molecular weight is 567 g/mol. The summed E-state index contributed by atoms with van der Waals surface area (Å²) in [4.78, 5) is 18.0. The van der Waals surface area contributed by atoms with Crippen LogP contribution in [0.3, 0.4) is 0 Å². The third-order valence-corrected chi connectivity index (χ3v) is 8.01. The van der Waals surface area contributed by atoms with E-state index >= 15 is 0 Å². The Morgan fingerprint density at radius 1 is 1.08 bits per heavy atom. The number of hydrogen-bond donors (Lipinski definition) is 1. The van der Waals surface area contributed by atoms with Gasteiger partial charge in [0.05, 0.1) is 5.75 Å². The van der Waals surface area contributed by atoms with Gasteiger partial charge in [-0.3, -0.25) is 9.36 Å². The van der Waals surface area contributed by atoms with Gasteiger partial charge in [-0.25, -0.2) is 4.98 Å². The van der Waals surface area contributed by atoms with E-state index in [2.05, 4.69) is 51.3 Å². The van der Waals surface area contributed by atoms with E-state index in [1.54, 1.807) is 24.4 Å². The second kappa shape index (κ2) is 11.5. The maximum atomic E-state index is 12.7. The standard InChI is InChI=1S/C27H21Cl2N5OS2/c1-2-11-34-25(20-8-7-17-5-3-4-6-18(17)12-20)32-33-27(34)36-16-24(35)31-26-30-15-22(37-26)13-19-9-10-21(28)14-23(19)29/h2-10,12,14-15H,1,11,13,16H2,(H,30,31,35). The van der Waals surface area contributed by atoms with E-state index in [0.29, 0.717) is 33.3 Å². The molecule has 37 heavy (non-hydrogen) atoms. The van der Waals surface area contributed by atoms with Crippen molar-refractivity contribution in [1.29, 1.82) is 0 Å². The van der Waals surface area contributed by atoms with Crippen LogP contribution in [0.2, 0.25) is 10.0 Å². The molecule has 0 aliphatic rings. The molecule has 5 aromatic rings. The summed E-state index contributed by atoms with van der Waals surface area (Å²) < 4.78 is 1.96. The summed E-state index contributed by atoms with van der Waals surface area (Å²) in [6.07, 6.45) is 4.15. The van der Waals surface area contributed by atoms with Crippen molar-refractivity contribution in [2.45, 2.75) is 18.1 Å². The Bertz CT molecular complexity index is 1600. The molecule has 2 aromatic heterocycles. The summed E-state index contributed by atoms with van der Waals surface area (Å²) in [5.74, 6) is 0.736. The molecule has 2 heterocycles. The molecule has 1 N–H and O–H groups in total. The first-order valence-electron chi connectivity index (χ1n) is 11.3. The first kappa shape index (κ1) is 25.5. The zero-order valence-corrected chi connectivity index (χ0v) is 22.7. The number of fused-ring (bicyclic) bond motifs is 1. The lowest BCUT2D eigenvalue weighted by Crippen LogP contribution is -2.14. The Balaban J connectivity index is 1.24. The van der Waals surface area contributed by atoms with E-state index < -0.39 is 0 Å². The molecule has 186 valence electrons. The van der Waals surface area contributed by atoms with E-state index in [4.69, 9.17) is 23.2 Å². The smallest absolute Gasteiger partial charge is 0.236 e. The number of thioether (sulfide) groups is 1. The predicted octanol–water partition coefficient (Wildman–Crippen LogP) is 7.37. The summed E-state index contributed by atoms with van der Waals surface area (Å²) in [5, 5.41) is 16.3. The minimum atomic E-state index is -0.171. The number of thiazole rings is 1. The van der Waals surface area contributed by atoms with Gasteiger partial charge in [0.1, 0.15) is 0 Å². The van der Waals surface area contributed by atoms with Gasteiger partial charge in [0.2, 0.25) is 5.91 Å². The lowest BCUT2D eigenvalue weighted by molar-refractivity contribution is -0.113. The molecule has 0 saturated carbocycles. The van der Waals surface area contributed by atoms with Gasteiger partial charge in [-0.15, -0.1) is 28.1 Å². The van der Waals surface area contributed by atoms with Gasteiger partial charge in [0.25, 0.3) is 0 Å². The Morgan fingerprint density at radius 2 is 1.92 bits per heavy atom. The summed E-state index contributed by atoms with van der Waals surface area (Å²) in [7, 11) is 0. The minimum Gasteiger partial charge on any atom is -0.301 e. The number of allylic oxidation sites excluding steroid dienone is 1. The first-order chi connectivity index (χ1) is 18.0. The number of amides is 1. The molecule has 0 unspecified atom stereocenters. The third-order valence-electron chi connectivity index (χ3n) is 5.55. The summed E-state index contributed by atoms with van der Waals surface area (Å²) >= 11 is 15.0. The van der Waals surface area contributed by atoms with Crippen LogP contribution in [-0.2, 0) is 17.8 Å². The average Bonchev–Trinajstić information content (AvgIpc) is 3.51. The van der Waals surface area contributed by atoms with Crippen molar-refractivity contribution >= 4 is 68.1 Å². The highest BCUT2D eigenvalue weighted by Crippen LogP contribution is 2.29. The highest BCUT2D eigenvalue weighted by molar-refractivity contribution is 7.99. The molecule has 0 radical (unpaired) electrons. The monoisotopic (exact) mass is 565 g/mol. The Kier molecular flexibility index (Phi) is 7.90. The highest BCUT2D eigenvalue weighted by Gasteiger charge is 2.16. The maximum Gasteiger partial charge on any atom is 0.236 e. The van der Waals surface area contributed by atoms with Crippen LogP contribution in [0.15, 0.2) is 84.7 Å². The van der Waals surface area contributed by atoms with E-state index in [0.717, 1.165) is 32.6 Å². The number of carbonyl (C=O) groups excluding carboxylic acids is 1. The van der Waals surface area contributed by atoms with Crippen LogP contribution in [-0.4, -0.2) is 31.4 Å². The zero-order chi connectivity index (χ0) is 25.8. The molecule has 10 heteroatoms. The Hall–Kier alpha value is -3.17. The van der Waals surface area contributed by atoms with Crippen molar-refractivity contribution < 1.29 is 4.79 Å². The van der Waals surface area contributed by atoms with Crippen molar-refractivity contribution in [1.82, 2.24) is 19.7 Å². The Labute approximate surface area is 232 Å². The lowest BCUT2D eigenvalue weighted by atomic mass is 10.1. The fraction of sp³-hybridized carbons (Fsp3) is 0.111. The SMILES string of the molecule is C=CCn1c(SCC(=O)Nc2ncc(Cc3ccc(Cl)cc3Cl)s2)nnc1-c1ccc2ccccc2c1. The molecular weight excluding hydrogens is 545 g/mol. The minimum absolute atomic E-state index is 0.171. The predicted molar refractivity (Wildman–Crippen MR) is 154 cm³/mol. The van der Waals surface area contributed by atoms with Crippen LogP contribution in [0.25, 0.3) is 22.2 Å². The Morgan fingerprint density at radius 3 is 2.73 bits per heavy atom.